The molecule has 2 rings (SSSR count). The average molecular weight is 319 g/mol. The van der Waals surface area contributed by atoms with Gasteiger partial charge in [0.2, 0.25) is 5.91 Å². The molecular formula is C15H17N3O3S. The number of thioether (sulfide) groups is 1. The maximum atomic E-state index is 11.9. The van der Waals surface area contributed by atoms with E-state index in [1.807, 2.05) is 19.1 Å². The van der Waals surface area contributed by atoms with Gasteiger partial charge in [-0.3, -0.25) is 9.59 Å². The van der Waals surface area contributed by atoms with E-state index in [-0.39, 0.29) is 17.2 Å². The zero-order valence-electron chi connectivity index (χ0n) is 12.4. The highest BCUT2D eigenvalue weighted by atomic mass is 32.2. The van der Waals surface area contributed by atoms with E-state index >= 15 is 0 Å². The lowest BCUT2D eigenvalue weighted by molar-refractivity contribution is -0.113. The first-order valence-electron chi connectivity index (χ1n) is 6.80. The monoisotopic (exact) mass is 319 g/mol. The van der Waals surface area contributed by atoms with Gasteiger partial charge in [0.05, 0.1) is 12.4 Å². The van der Waals surface area contributed by atoms with Crippen LogP contribution in [0.4, 0.5) is 5.69 Å². The molecule has 116 valence electrons. The largest absolute Gasteiger partial charge is 0.494 e. The second-order valence-corrected chi connectivity index (χ2v) is 5.45. The lowest BCUT2D eigenvalue weighted by Gasteiger charge is -2.07. The normalized spacial score (nSPS) is 10.3. The number of hydrogen-bond acceptors (Lipinski definition) is 5. The van der Waals surface area contributed by atoms with E-state index in [2.05, 4.69) is 15.3 Å². The van der Waals surface area contributed by atoms with Gasteiger partial charge in [-0.05, 0) is 26.0 Å². The molecule has 1 heterocycles. The molecule has 0 atom stereocenters. The molecule has 0 spiro atoms. The van der Waals surface area contributed by atoms with Crippen LogP contribution in [0.25, 0.3) is 0 Å². The fraction of sp³-hybridized carbons (Fsp3) is 0.267. The van der Waals surface area contributed by atoms with E-state index < -0.39 is 0 Å². The van der Waals surface area contributed by atoms with Crippen molar-refractivity contribution in [2.24, 2.45) is 0 Å². The first-order chi connectivity index (χ1) is 10.6. The molecule has 1 amide bonds. The number of nitrogens with zero attached hydrogens (tertiary/aromatic N) is 1. The van der Waals surface area contributed by atoms with Crippen LogP contribution in [0.5, 0.6) is 5.75 Å². The molecule has 0 aliphatic carbocycles. The maximum absolute atomic E-state index is 11.9. The van der Waals surface area contributed by atoms with E-state index in [1.54, 1.807) is 19.1 Å². The van der Waals surface area contributed by atoms with E-state index in [0.29, 0.717) is 28.9 Å². The SMILES string of the molecule is CCOc1cccc(NC(=O)CSc2nc(C)cc(=O)[nH]2)c1. The second kappa shape index (κ2) is 7.65. The molecule has 1 aromatic heterocycles. The molecule has 0 aliphatic rings. The van der Waals surface area contributed by atoms with Crippen LogP contribution in [0.15, 0.2) is 40.3 Å². The fourth-order valence-corrected chi connectivity index (χ4v) is 2.50. The second-order valence-electron chi connectivity index (χ2n) is 4.49. The molecule has 2 aromatic rings. The van der Waals surface area contributed by atoms with Crippen molar-refractivity contribution in [1.82, 2.24) is 9.97 Å². The number of H-pyrrole nitrogens is 1. The summed E-state index contributed by atoms with van der Waals surface area (Å²) in [7, 11) is 0. The van der Waals surface area contributed by atoms with Gasteiger partial charge in [-0.25, -0.2) is 4.98 Å². The third-order valence-corrected chi connectivity index (χ3v) is 3.49. The van der Waals surface area contributed by atoms with Gasteiger partial charge in [0.25, 0.3) is 5.56 Å². The quantitative estimate of drug-likeness (QED) is 0.630. The van der Waals surface area contributed by atoms with Crippen LogP contribution in [0.2, 0.25) is 0 Å². The van der Waals surface area contributed by atoms with Crippen LogP contribution in [0, 0.1) is 6.92 Å². The number of hydrogen-bond donors (Lipinski definition) is 2. The summed E-state index contributed by atoms with van der Waals surface area (Å²) in [6.45, 7) is 4.20. The molecular weight excluding hydrogens is 302 g/mol. The van der Waals surface area contributed by atoms with Crippen molar-refractivity contribution in [2.45, 2.75) is 19.0 Å². The molecule has 0 aliphatic heterocycles. The Morgan fingerprint density at radius 2 is 2.23 bits per heavy atom. The Bertz CT molecular complexity index is 715. The number of ether oxygens (including phenoxy) is 1. The molecule has 0 fully saturated rings. The molecule has 0 saturated heterocycles. The molecule has 1 aromatic carbocycles. The Kier molecular flexibility index (Phi) is 5.60. The Morgan fingerprint density at radius 3 is 2.95 bits per heavy atom. The van der Waals surface area contributed by atoms with Gasteiger partial charge < -0.3 is 15.0 Å². The average Bonchev–Trinajstić information content (AvgIpc) is 2.45. The number of aryl methyl sites for hydroxylation is 1. The van der Waals surface area contributed by atoms with Crippen molar-refractivity contribution in [3.8, 4) is 5.75 Å². The summed E-state index contributed by atoms with van der Waals surface area (Å²) in [6.07, 6.45) is 0. The number of carbonyl (C=O) groups is 1. The maximum Gasteiger partial charge on any atom is 0.251 e. The van der Waals surface area contributed by atoms with Gasteiger partial charge >= 0.3 is 0 Å². The number of nitrogens with one attached hydrogen (secondary N) is 2. The van der Waals surface area contributed by atoms with E-state index in [4.69, 9.17) is 4.74 Å². The number of benzene rings is 1. The highest BCUT2D eigenvalue weighted by molar-refractivity contribution is 7.99. The summed E-state index contributed by atoms with van der Waals surface area (Å²) in [5.41, 5.74) is 1.07. The predicted octanol–water partition coefficient (Wildman–Crippen LogP) is 2.21. The summed E-state index contributed by atoms with van der Waals surface area (Å²) in [5, 5.41) is 3.21. The van der Waals surface area contributed by atoms with Crippen LogP contribution >= 0.6 is 11.8 Å². The molecule has 0 saturated carbocycles. The third kappa shape index (κ3) is 4.92. The molecule has 6 nitrogen and oxygen atoms in total. The lowest BCUT2D eigenvalue weighted by Crippen LogP contribution is -2.15. The van der Waals surface area contributed by atoms with Crippen LogP contribution in [-0.2, 0) is 4.79 Å². The van der Waals surface area contributed by atoms with Crippen molar-refractivity contribution >= 4 is 23.4 Å². The number of carbonyl (C=O) groups excluding carboxylic acids is 1. The van der Waals surface area contributed by atoms with Crippen LogP contribution in [0.3, 0.4) is 0 Å². The number of amides is 1. The lowest BCUT2D eigenvalue weighted by atomic mass is 10.3. The van der Waals surface area contributed by atoms with Crippen molar-refractivity contribution < 1.29 is 9.53 Å². The standard InChI is InChI=1S/C15H17N3O3S/c1-3-21-12-6-4-5-11(8-12)17-14(20)9-22-15-16-10(2)7-13(19)18-15/h4-8H,3,9H2,1-2H3,(H,17,20)(H,16,18,19). The Morgan fingerprint density at radius 1 is 1.41 bits per heavy atom. The Balaban J connectivity index is 1.92. The van der Waals surface area contributed by atoms with Gasteiger partial charge in [-0.2, -0.15) is 0 Å². The third-order valence-electron chi connectivity index (χ3n) is 2.62. The summed E-state index contributed by atoms with van der Waals surface area (Å²) in [5.74, 6) is 0.686. The molecule has 7 heteroatoms. The number of aromatic nitrogens is 2. The van der Waals surface area contributed by atoms with Gasteiger partial charge in [0.1, 0.15) is 5.75 Å². The number of rotatable bonds is 6. The smallest absolute Gasteiger partial charge is 0.251 e. The highest BCUT2D eigenvalue weighted by Crippen LogP contribution is 2.18. The van der Waals surface area contributed by atoms with Gasteiger partial charge in [-0.1, -0.05) is 17.8 Å². The zero-order chi connectivity index (χ0) is 15.9. The highest BCUT2D eigenvalue weighted by Gasteiger charge is 2.06. The fourth-order valence-electron chi connectivity index (χ4n) is 1.78. The molecule has 22 heavy (non-hydrogen) atoms. The van der Waals surface area contributed by atoms with Crippen LogP contribution < -0.4 is 15.6 Å². The van der Waals surface area contributed by atoms with Gasteiger partial charge in [0, 0.05) is 23.5 Å². The molecule has 0 radical (unpaired) electrons. The van der Waals surface area contributed by atoms with Crippen molar-refractivity contribution in [1.29, 1.82) is 0 Å². The minimum absolute atomic E-state index is 0.158. The van der Waals surface area contributed by atoms with E-state index in [1.165, 1.54) is 17.8 Å². The summed E-state index contributed by atoms with van der Waals surface area (Å²) < 4.78 is 5.38. The zero-order valence-corrected chi connectivity index (χ0v) is 13.2. The Hall–Kier alpha value is -2.28. The molecule has 0 unspecified atom stereocenters. The predicted molar refractivity (Wildman–Crippen MR) is 86.6 cm³/mol. The summed E-state index contributed by atoms with van der Waals surface area (Å²) in [6, 6.07) is 8.60. The van der Waals surface area contributed by atoms with Gasteiger partial charge in [0.15, 0.2) is 5.16 Å². The van der Waals surface area contributed by atoms with Crippen LogP contribution in [0.1, 0.15) is 12.6 Å². The summed E-state index contributed by atoms with van der Waals surface area (Å²) >= 11 is 1.18. The van der Waals surface area contributed by atoms with Gasteiger partial charge in [-0.15, -0.1) is 0 Å². The molecule has 2 N–H and O–H groups in total. The van der Waals surface area contributed by atoms with Crippen molar-refractivity contribution in [3.05, 3.63) is 46.4 Å². The van der Waals surface area contributed by atoms with E-state index in [9.17, 15) is 9.59 Å². The minimum Gasteiger partial charge on any atom is -0.494 e. The number of anilines is 1. The number of aromatic amines is 1. The van der Waals surface area contributed by atoms with Crippen molar-refractivity contribution in [2.75, 3.05) is 17.7 Å². The van der Waals surface area contributed by atoms with Crippen molar-refractivity contribution in [3.63, 3.8) is 0 Å². The topological polar surface area (TPSA) is 84.1 Å². The summed E-state index contributed by atoms with van der Waals surface area (Å²) in [4.78, 5) is 30.0. The minimum atomic E-state index is -0.222. The molecule has 0 bridgehead atoms. The van der Waals surface area contributed by atoms with E-state index in [0.717, 1.165) is 0 Å². The van der Waals surface area contributed by atoms with Crippen LogP contribution in [-0.4, -0.2) is 28.2 Å². The first-order valence-corrected chi connectivity index (χ1v) is 7.79. The first kappa shape index (κ1) is 16.1. The Labute approximate surface area is 132 Å².